The van der Waals surface area contributed by atoms with Gasteiger partial charge in [0.25, 0.3) is 0 Å². The van der Waals surface area contributed by atoms with E-state index in [0.717, 1.165) is 0 Å². The van der Waals surface area contributed by atoms with Gasteiger partial charge in [-0.25, -0.2) is 0 Å². The minimum atomic E-state index is -0.239. The van der Waals surface area contributed by atoms with Crippen LogP contribution in [0.1, 0.15) is 26.3 Å². The van der Waals surface area contributed by atoms with Crippen LogP contribution >= 0.6 is 11.6 Å². The lowest BCUT2D eigenvalue weighted by Crippen LogP contribution is -2.44. The summed E-state index contributed by atoms with van der Waals surface area (Å²) in [6, 6.07) is 4.83. The highest BCUT2D eigenvalue weighted by Crippen LogP contribution is 2.20. The molecular weight excluding hydrogens is 252 g/mol. The van der Waals surface area contributed by atoms with Gasteiger partial charge in [0.15, 0.2) is 0 Å². The topological polar surface area (TPSA) is 61.4 Å². The van der Waals surface area contributed by atoms with Gasteiger partial charge < -0.3 is 15.7 Å². The standard InChI is InChI=1S/C13H19ClN2O2/c1-13(2,3)16-12(18)8-15-7-9-6-10(14)4-5-11(9)17/h4-6,15,17H,7-8H2,1-3H3,(H,16,18). The van der Waals surface area contributed by atoms with Gasteiger partial charge in [0.1, 0.15) is 5.75 Å². The summed E-state index contributed by atoms with van der Waals surface area (Å²) >= 11 is 5.83. The molecule has 3 N–H and O–H groups in total. The zero-order chi connectivity index (χ0) is 13.8. The average Bonchev–Trinajstić information content (AvgIpc) is 2.20. The van der Waals surface area contributed by atoms with Gasteiger partial charge in [-0.2, -0.15) is 0 Å². The number of carbonyl (C=O) groups excluding carboxylic acids is 1. The van der Waals surface area contributed by atoms with Crippen LogP contribution in [-0.4, -0.2) is 23.1 Å². The smallest absolute Gasteiger partial charge is 0.234 e. The number of nitrogens with one attached hydrogen (secondary N) is 2. The number of carbonyl (C=O) groups is 1. The lowest BCUT2D eigenvalue weighted by atomic mass is 10.1. The molecule has 0 atom stereocenters. The molecular formula is C13H19ClN2O2. The maximum absolute atomic E-state index is 11.5. The van der Waals surface area contributed by atoms with E-state index in [1.54, 1.807) is 12.1 Å². The second-order valence-corrected chi connectivity index (χ2v) is 5.61. The maximum atomic E-state index is 11.5. The monoisotopic (exact) mass is 270 g/mol. The summed E-state index contributed by atoms with van der Waals surface area (Å²) in [6.45, 7) is 6.36. The Balaban J connectivity index is 2.42. The number of amides is 1. The van der Waals surface area contributed by atoms with E-state index in [-0.39, 0.29) is 23.7 Å². The van der Waals surface area contributed by atoms with Crippen molar-refractivity contribution >= 4 is 17.5 Å². The van der Waals surface area contributed by atoms with E-state index in [2.05, 4.69) is 10.6 Å². The first kappa shape index (κ1) is 14.8. The van der Waals surface area contributed by atoms with Gasteiger partial charge in [0, 0.05) is 22.7 Å². The Morgan fingerprint density at radius 1 is 1.39 bits per heavy atom. The molecule has 100 valence electrons. The number of halogens is 1. The van der Waals surface area contributed by atoms with Gasteiger partial charge in [0.2, 0.25) is 5.91 Å². The molecule has 1 aromatic rings. The van der Waals surface area contributed by atoms with E-state index in [0.29, 0.717) is 17.1 Å². The predicted octanol–water partition coefficient (Wildman–Crippen LogP) is 2.05. The molecule has 5 heteroatoms. The van der Waals surface area contributed by atoms with Gasteiger partial charge in [0.05, 0.1) is 6.54 Å². The van der Waals surface area contributed by atoms with Crippen molar-refractivity contribution < 1.29 is 9.90 Å². The largest absolute Gasteiger partial charge is 0.508 e. The Labute approximate surface area is 112 Å². The number of phenolic OH excluding ortho intramolecular Hbond substituents is 1. The van der Waals surface area contributed by atoms with E-state index < -0.39 is 0 Å². The van der Waals surface area contributed by atoms with Crippen molar-refractivity contribution in [3.05, 3.63) is 28.8 Å². The van der Waals surface area contributed by atoms with Crippen LogP contribution in [0.25, 0.3) is 0 Å². The van der Waals surface area contributed by atoms with Crippen molar-refractivity contribution in [1.29, 1.82) is 0 Å². The molecule has 0 spiro atoms. The molecule has 0 saturated carbocycles. The van der Waals surface area contributed by atoms with Crippen molar-refractivity contribution in [2.24, 2.45) is 0 Å². The molecule has 0 aliphatic heterocycles. The van der Waals surface area contributed by atoms with E-state index in [1.807, 2.05) is 20.8 Å². The van der Waals surface area contributed by atoms with Crippen LogP contribution in [-0.2, 0) is 11.3 Å². The van der Waals surface area contributed by atoms with Gasteiger partial charge in [-0.05, 0) is 39.0 Å². The molecule has 0 unspecified atom stereocenters. The van der Waals surface area contributed by atoms with Crippen LogP contribution in [0, 0.1) is 0 Å². The second-order valence-electron chi connectivity index (χ2n) is 5.17. The zero-order valence-corrected chi connectivity index (χ0v) is 11.6. The SMILES string of the molecule is CC(C)(C)NC(=O)CNCc1cc(Cl)ccc1O. The maximum Gasteiger partial charge on any atom is 0.234 e. The highest BCUT2D eigenvalue weighted by molar-refractivity contribution is 6.30. The first-order chi connectivity index (χ1) is 8.28. The van der Waals surface area contributed by atoms with Crippen molar-refractivity contribution in [3.63, 3.8) is 0 Å². The van der Waals surface area contributed by atoms with Crippen molar-refractivity contribution in [2.75, 3.05) is 6.54 Å². The predicted molar refractivity (Wildman–Crippen MR) is 72.7 cm³/mol. The van der Waals surface area contributed by atoms with Crippen LogP contribution in [0.3, 0.4) is 0 Å². The van der Waals surface area contributed by atoms with E-state index in [9.17, 15) is 9.90 Å². The molecule has 1 amide bonds. The van der Waals surface area contributed by atoms with Gasteiger partial charge in [-0.3, -0.25) is 4.79 Å². The van der Waals surface area contributed by atoms with Crippen LogP contribution in [0.5, 0.6) is 5.75 Å². The van der Waals surface area contributed by atoms with Gasteiger partial charge in [-0.1, -0.05) is 11.6 Å². The highest BCUT2D eigenvalue weighted by atomic mass is 35.5. The third-order valence-electron chi connectivity index (χ3n) is 2.16. The molecule has 0 radical (unpaired) electrons. The lowest BCUT2D eigenvalue weighted by Gasteiger charge is -2.20. The first-order valence-electron chi connectivity index (χ1n) is 5.77. The summed E-state index contributed by atoms with van der Waals surface area (Å²) in [4.78, 5) is 11.5. The number of rotatable bonds is 4. The van der Waals surface area contributed by atoms with Crippen LogP contribution < -0.4 is 10.6 Å². The number of hydrogen-bond donors (Lipinski definition) is 3. The van der Waals surface area contributed by atoms with Crippen LogP contribution in [0.15, 0.2) is 18.2 Å². The van der Waals surface area contributed by atoms with Crippen LogP contribution in [0.2, 0.25) is 5.02 Å². The molecule has 4 nitrogen and oxygen atoms in total. The number of phenols is 1. The Kier molecular flexibility index (Phi) is 4.99. The first-order valence-corrected chi connectivity index (χ1v) is 6.15. The molecule has 0 aromatic heterocycles. The molecule has 0 fully saturated rings. The van der Waals surface area contributed by atoms with Gasteiger partial charge in [-0.15, -0.1) is 0 Å². The third-order valence-corrected chi connectivity index (χ3v) is 2.39. The Morgan fingerprint density at radius 3 is 2.67 bits per heavy atom. The summed E-state index contributed by atoms with van der Waals surface area (Å²) in [6.07, 6.45) is 0. The normalized spacial score (nSPS) is 11.3. The number of aromatic hydroxyl groups is 1. The van der Waals surface area contributed by atoms with E-state index in [4.69, 9.17) is 11.6 Å². The summed E-state index contributed by atoms with van der Waals surface area (Å²) in [5, 5.41) is 15.9. The molecule has 1 aromatic carbocycles. The minimum absolute atomic E-state index is 0.0796. The molecule has 1 rings (SSSR count). The highest BCUT2D eigenvalue weighted by Gasteiger charge is 2.13. The molecule has 0 saturated heterocycles. The summed E-state index contributed by atoms with van der Waals surface area (Å²) in [5.41, 5.74) is 0.433. The fourth-order valence-electron chi connectivity index (χ4n) is 1.47. The molecule has 0 aliphatic carbocycles. The Hall–Kier alpha value is -1.26. The van der Waals surface area contributed by atoms with Gasteiger partial charge >= 0.3 is 0 Å². The quantitative estimate of drug-likeness (QED) is 0.785. The lowest BCUT2D eigenvalue weighted by molar-refractivity contribution is -0.121. The van der Waals surface area contributed by atoms with Crippen LogP contribution in [0.4, 0.5) is 0 Å². The van der Waals surface area contributed by atoms with E-state index in [1.165, 1.54) is 6.07 Å². The summed E-state index contributed by atoms with van der Waals surface area (Å²) in [5.74, 6) is 0.0900. The fraction of sp³-hybridized carbons (Fsp3) is 0.462. The van der Waals surface area contributed by atoms with Crippen molar-refractivity contribution in [3.8, 4) is 5.75 Å². The Morgan fingerprint density at radius 2 is 2.06 bits per heavy atom. The third kappa shape index (κ3) is 5.38. The van der Waals surface area contributed by atoms with E-state index >= 15 is 0 Å². The molecule has 0 aliphatic rings. The molecule has 18 heavy (non-hydrogen) atoms. The molecule has 0 heterocycles. The van der Waals surface area contributed by atoms with Crippen molar-refractivity contribution in [2.45, 2.75) is 32.9 Å². The molecule has 0 bridgehead atoms. The Bertz CT molecular complexity index is 427. The van der Waals surface area contributed by atoms with Crippen molar-refractivity contribution in [1.82, 2.24) is 10.6 Å². The summed E-state index contributed by atoms with van der Waals surface area (Å²) in [7, 11) is 0. The number of hydrogen-bond acceptors (Lipinski definition) is 3. The number of benzene rings is 1. The summed E-state index contributed by atoms with van der Waals surface area (Å²) < 4.78 is 0. The second kappa shape index (κ2) is 6.07. The zero-order valence-electron chi connectivity index (χ0n) is 10.9. The average molecular weight is 271 g/mol. The fourth-order valence-corrected chi connectivity index (χ4v) is 1.66. The minimum Gasteiger partial charge on any atom is -0.508 e.